The Bertz CT molecular complexity index is 1090. The van der Waals surface area contributed by atoms with Crippen LogP contribution >= 0.6 is 11.6 Å². The lowest BCUT2D eigenvalue weighted by molar-refractivity contribution is 0.301. The molecule has 3 aromatic rings. The Hall–Kier alpha value is -3.10. The summed E-state index contributed by atoms with van der Waals surface area (Å²) in [6, 6.07) is 15.9. The van der Waals surface area contributed by atoms with Crippen molar-refractivity contribution in [2.45, 2.75) is 32.8 Å². The number of aromatic nitrogens is 2. The van der Waals surface area contributed by atoms with Gasteiger partial charge in [-0.05, 0) is 53.9 Å². The van der Waals surface area contributed by atoms with E-state index in [4.69, 9.17) is 16.3 Å². The van der Waals surface area contributed by atoms with Crippen molar-refractivity contribution >= 4 is 17.5 Å². The van der Waals surface area contributed by atoms with Crippen LogP contribution in [0.1, 0.15) is 41.8 Å². The maximum absolute atomic E-state index is 9.40. The van der Waals surface area contributed by atoms with Crippen LogP contribution in [-0.4, -0.2) is 24.1 Å². The van der Waals surface area contributed by atoms with Gasteiger partial charge < -0.3 is 9.64 Å². The lowest BCUT2D eigenvalue weighted by Gasteiger charge is -2.27. The number of ether oxygens (including phenoxy) is 1. The largest absolute Gasteiger partial charge is 0.487 e. The molecule has 0 fully saturated rings. The topological polar surface area (TPSA) is 62.0 Å². The van der Waals surface area contributed by atoms with Crippen LogP contribution in [0.3, 0.4) is 0 Å². The highest BCUT2D eigenvalue weighted by atomic mass is 35.5. The number of benzene rings is 2. The highest BCUT2D eigenvalue weighted by Crippen LogP contribution is 2.35. The van der Waals surface area contributed by atoms with Crippen LogP contribution < -0.4 is 9.64 Å². The van der Waals surface area contributed by atoms with Crippen molar-refractivity contribution in [1.82, 2.24) is 9.97 Å². The Kier molecular flexibility index (Phi) is 6.28. The third-order valence-corrected chi connectivity index (χ3v) is 5.64. The van der Waals surface area contributed by atoms with E-state index in [0.29, 0.717) is 23.1 Å². The second-order valence-corrected chi connectivity index (χ2v) is 8.33. The molecule has 0 unspecified atom stereocenters. The zero-order chi connectivity index (χ0) is 21.9. The van der Waals surface area contributed by atoms with Gasteiger partial charge in [-0.3, -0.25) is 0 Å². The molecule has 154 valence electrons. The average Bonchev–Trinajstić information content (AvgIpc) is 2.74. The zero-order valence-electron chi connectivity index (χ0n) is 17.9. The summed E-state index contributed by atoms with van der Waals surface area (Å²) in [5.41, 5.74) is 4.03. The smallest absolute Gasteiger partial charge is 0.225 e. The minimum atomic E-state index is -0.311. The Balaban J connectivity index is 1.77. The molecule has 0 aliphatic heterocycles. The third kappa shape index (κ3) is 4.55. The molecule has 3 rings (SSSR count). The van der Waals surface area contributed by atoms with Gasteiger partial charge in [-0.25, -0.2) is 9.97 Å². The van der Waals surface area contributed by atoms with Gasteiger partial charge in [0.05, 0.1) is 17.3 Å². The Morgan fingerprint density at radius 2 is 1.80 bits per heavy atom. The summed E-state index contributed by atoms with van der Waals surface area (Å²) < 4.78 is 5.90. The second kappa shape index (κ2) is 8.73. The normalized spacial score (nSPS) is 11.1. The fraction of sp³-hybridized carbons (Fsp3) is 0.292. The Morgan fingerprint density at radius 1 is 1.10 bits per heavy atom. The Morgan fingerprint density at radius 3 is 2.43 bits per heavy atom. The Labute approximate surface area is 182 Å². The summed E-state index contributed by atoms with van der Waals surface area (Å²) in [5.74, 6) is 1.42. The van der Waals surface area contributed by atoms with Gasteiger partial charge in [0.2, 0.25) is 5.95 Å². The van der Waals surface area contributed by atoms with Gasteiger partial charge in [0.1, 0.15) is 12.4 Å². The van der Waals surface area contributed by atoms with E-state index in [1.807, 2.05) is 68.4 Å². The van der Waals surface area contributed by atoms with E-state index in [9.17, 15) is 5.26 Å². The summed E-state index contributed by atoms with van der Waals surface area (Å²) in [5, 5.41) is 10.0. The van der Waals surface area contributed by atoms with Crippen LogP contribution in [0, 0.1) is 18.3 Å². The summed E-state index contributed by atoms with van der Waals surface area (Å²) >= 11 is 6.36. The minimum Gasteiger partial charge on any atom is -0.487 e. The summed E-state index contributed by atoms with van der Waals surface area (Å²) in [4.78, 5) is 10.5. The van der Waals surface area contributed by atoms with Crippen molar-refractivity contribution in [3.8, 4) is 11.8 Å². The summed E-state index contributed by atoms with van der Waals surface area (Å²) in [7, 11) is 3.81. The number of hydrogen-bond acceptors (Lipinski definition) is 5. The predicted octanol–water partition coefficient (Wildman–Crippen LogP) is 5.28. The molecule has 0 saturated heterocycles. The van der Waals surface area contributed by atoms with Gasteiger partial charge in [-0.15, -0.1) is 0 Å². The lowest BCUT2D eigenvalue weighted by atomic mass is 9.77. The van der Waals surface area contributed by atoms with Gasteiger partial charge in [0.25, 0.3) is 0 Å². The highest BCUT2D eigenvalue weighted by Gasteiger charge is 2.25. The number of rotatable bonds is 6. The monoisotopic (exact) mass is 420 g/mol. The molecular formula is C24H25ClN4O. The van der Waals surface area contributed by atoms with Crippen molar-refractivity contribution in [3.05, 3.63) is 81.6 Å². The first-order chi connectivity index (χ1) is 14.2. The van der Waals surface area contributed by atoms with Gasteiger partial charge in [0.15, 0.2) is 0 Å². The highest BCUT2D eigenvalue weighted by molar-refractivity contribution is 6.31. The molecule has 1 aromatic heterocycles. The fourth-order valence-electron chi connectivity index (χ4n) is 3.13. The maximum atomic E-state index is 9.40. The SMILES string of the molecule is Cc1c(Cl)cc(C(C)(C)c2ccc(OCc3ccnc(N(C)C)n3)cc2)cc1C#N. The maximum Gasteiger partial charge on any atom is 0.225 e. The van der Waals surface area contributed by atoms with Crippen LogP contribution in [0.25, 0.3) is 0 Å². The molecule has 0 atom stereocenters. The number of anilines is 1. The van der Waals surface area contributed by atoms with E-state index in [2.05, 4.69) is 29.9 Å². The molecule has 0 radical (unpaired) electrons. The van der Waals surface area contributed by atoms with Crippen molar-refractivity contribution in [1.29, 1.82) is 5.26 Å². The quantitative estimate of drug-likeness (QED) is 0.542. The average molecular weight is 421 g/mol. The van der Waals surface area contributed by atoms with Gasteiger partial charge >= 0.3 is 0 Å². The van der Waals surface area contributed by atoms with Gasteiger partial charge in [-0.2, -0.15) is 5.26 Å². The van der Waals surface area contributed by atoms with E-state index in [1.54, 1.807) is 6.20 Å². The van der Waals surface area contributed by atoms with E-state index < -0.39 is 0 Å². The third-order valence-electron chi connectivity index (χ3n) is 5.25. The molecule has 0 amide bonds. The van der Waals surface area contributed by atoms with E-state index in [-0.39, 0.29) is 5.41 Å². The molecule has 1 heterocycles. The second-order valence-electron chi connectivity index (χ2n) is 7.92. The number of hydrogen-bond donors (Lipinski definition) is 0. The van der Waals surface area contributed by atoms with E-state index in [0.717, 1.165) is 28.1 Å². The summed E-state index contributed by atoms with van der Waals surface area (Å²) in [6.07, 6.45) is 1.73. The van der Waals surface area contributed by atoms with Crippen LogP contribution in [0.2, 0.25) is 5.02 Å². The predicted molar refractivity (Wildman–Crippen MR) is 120 cm³/mol. The zero-order valence-corrected chi connectivity index (χ0v) is 18.7. The number of nitriles is 1. The van der Waals surface area contributed by atoms with Crippen LogP contribution in [0.4, 0.5) is 5.95 Å². The van der Waals surface area contributed by atoms with Crippen molar-refractivity contribution < 1.29 is 4.74 Å². The van der Waals surface area contributed by atoms with Crippen molar-refractivity contribution in [2.75, 3.05) is 19.0 Å². The van der Waals surface area contributed by atoms with Crippen LogP contribution in [0.15, 0.2) is 48.7 Å². The van der Waals surface area contributed by atoms with Gasteiger partial charge in [0, 0.05) is 30.7 Å². The van der Waals surface area contributed by atoms with Gasteiger partial charge in [-0.1, -0.05) is 37.6 Å². The molecule has 2 aromatic carbocycles. The summed E-state index contributed by atoms with van der Waals surface area (Å²) in [6.45, 7) is 6.47. The van der Waals surface area contributed by atoms with Crippen LogP contribution in [-0.2, 0) is 12.0 Å². The lowest BCUT2D eigenvalue weighted by Crippen LogP contribution is -2.19. The molecule has 30 heavy (non-hydrogen) atoms. The first kappa shape index (κ1) is 21.6. The van der Waals surface area contributed by atoms with Crippen LogP contribution in [0.5, 0.6) is 5.75 Å². The molecule has 0 aliphatic rings. The molecule has 0 N–H and O–H groups in total. The first-order valence-electron chi connectivity index (χ1n) is 9.65. The molecule has 5 nitrogen and oxygen atoms in total. The molecule has 6 heteroatoms. The molecule has 0 bridgehead atoms. The number of nitrogens with zero attached hydrogens (tertiary/aromatic N) is 4. The molecule has 0 aliphatic carbocycles. The van der Waals surface area contributed by atoms with E-state index in [1.165, 1.54) is 0 Å². The minimum absolute atomic E-state index is 0.311. The standard InChI is InChI=1S/C24H25ClN4O/c1-16-17(14-26)12-19(13-22(16)25)24(2,3)18-6-8-21(9-7-18)30-15-20-10-11-27-23(28-20)29(4)5/h6-13H,15H2,1-5H3. The number of halogens is 1. The molecule has 0 spiro atoms. The van der Waals surface area contributed by atoms with Crippen molar-refractivity contribution in [2.24, 2.45) is 0 Å². The van der Waals surface area contributed by atoms with Crippen molar-refractivity contribution in [3.63, 3.8) is 0 Å². The van der Waals surface area contributed by atoms with E-state index >= 15 is 0 Å². The fourth-order valence-corrected chi connectivity index (χ4v) is 3.35. The molecular weight excluding hydrogens is 396 g/mol. The first-order valence-corrected chi connectivity index (χ1v) is 10.0. The molecule has 0 saturated carbocycles.